The summed E-state index contributed by atoms with van der Waals surface area (Å²) in [4.78, 5) is 0. The molecule has 1 aromatic heterocycles. The molecule has 3 nitrogen and oxygen atoms in total. The van der Waals surface area contributed by atoms with Crippen molar-refractivity contribution >= 4 is 0 Å². The van der Waals surface area contributed by atoms with E-state index >= 15 is 0 Å². The van der Waals surface area contributed by atoms with Crippen LogP contribution in [0.1, 0.15) is 50.3 Å². The first-order valence-corrected chi connectivity index (χ1v) is 6.67. The monoisotopic (exact) mass is 233 g/mol. The number of aromatic nitrogens is 2. The Morgan fingerprint density at radius 3 is 2.82 bits per heavy atom. The van der Waals surface area contributed by atoms with Crippen LogP contribution in [0.2, 0.25) is 0 Å². The summed E-state index contributed by atoms with van der Waals surface area (Å²) in [6.07, 6.45) is 12.3. The van der Waals surface area contributed by atoms with Crippen molar-refractivity contribution in [2.45, 2.75) is 44.6 Å². The van der Waals surface area contributed by atoms with E-state index in [1.807, 2.05) is 25.0 Å². The van der Waals surface area contributed by atoms with Gasteiger partial charge < -0.3 is 5.32 Å². The second-order valence-electron chi connectivity index (χ2n) is 4.87. The first-order valence-electron chi connectivity index (χ1n) is 6.67. The normalized spacial score (nSPS) is 22.4. The number of aryl methyl sites for hydroxylation is 1. The topological polar surface area (TPSA) is 29.9 Å². The van der Waals surface area contributed by atoms with Crippen LogP contribution in [-0.4, -0.2) is 16.8 Å². The van der Waals surface area contributed by atoms with Crippen LogP contribution >= 0.6 is 0 Å². The zero-order valence-electron chi connectivity index (χ0n) is 10.9. The Morgan fingerprint density at radius 1 is 1.29 bits per heavy atom. The number of allylic oxidation sites excluding steroid dienone is 1. The molecular formula is C14H23N3. The molecule has 2 rings (SSSR count). The van der Waals surface area contributed by atoms with Crippen LogP contribution in [0.3, 0.4) is 0 Å². The third kappa shape index (κ3) is 3.19. The maximum atomic E-state index is 4.52. The van der Waals surface area contributed by atoms with Crippen molar-refractivity contribution in [2.24, 2.45) is 7.05 Å². The van der Waals surface area contributed by atoms with E-state index in [1.165, 1.54) is 44.1 Å². The minimum Gasteiger partial charge on any atom is -0.308 e. The average Bonchev–Trinajstić information content (AvgIpc) is 2.68. The maximum absolute atomic E-state index is 4.52. The highest BCUT2D eigenvalue weighted by atomic mass is 15.3. The van der Waals surface area contributed by atoms with Crippen molar-refractivity contribution in [3.05, 3.63) is 29.6 Å². The number of nitrogens with one attached hydrogen (secondary N) is 1. The molecule has 0 amide bonds. The molecule has 94 valence electrons. The van der Waals surface area contributed by atoms with Crippen LogP contribution in [0.25, 0.3) is 0 Å². The first-order chi connectivity index (χ1) is 8.31. The lowest BCUT2D eigenvalue weighted by molar-refractivity contribution is 0.561. The zero-order chi connectivity index (χ0) is 12.1. The van der Waals surface area contributed by atoms with Gasteiger partial charge in [0.05, 0.1) is 11.7 Å². The Bertz CT molecular complexity index is 379. The second kappa shape index (κ2) is 6.01. The molecule has 1 N–H and O–H groups in total. The van der Waals surface area contributed by atoms with E-state index in [4.69, 9.17) is 0 Å². The summed E-state index contributed by atoms with van der Waals surface area (Å²) >= 11 is 0. The highest BCUT2D eigenvalue weighted by molar-refractivity contribution is 5.21. The minimum absolute atomic E-state index is 0.300. The molecule has 3 heteroatoms. The van der Waals surface area contributed by atoms with Crippen LogP contribution in [0.5, 0.6) is 0 Å². The minimum atomic E-state index is 0.300. The zero-order valence-corrected chi connectivity index (χ0v) is 10.9. The molecule has 1 atom stereocenters. The fraction of sp³-hybridized carbons (Fsp3) is 0.643. The van der Waals surface area contributed by atoms with Gasteiger partial charge in [-0.05, 0) is 38.8 Å². The smallest absolute Gasteiger partial charge is 0.0835 e. The Labute approximate surface area is 104 Å². The Morgan fingerprint density at radius 2 is 2.12 bits per heavy atom. The third-order valence-corrected chi connectivity index (χ3v) is 3.52. The molecule has 0 bridgehead atoms. The quantitative estimate of drug-likeness (QED) is 0.813. The van der Waals surface area contributed by atoms with Crippen molar-refractivity contribution in [3.63, 3.8) is 0 Å². The molecule has 1 aliphatic rings. The molecule has 0 aromatic carbocycles. The van der Waals surface area contributed by atoms with Crippen LogP contribution in [0, 0.1) is 0 Å². The van der Waals surface area contributed by atoms with E-state index in [-0.39, 0.29) is 0 Å². The van der Waals surface area contributed by atoms with E-state index in [2.05, 4.69) is 22.6 Å². The summed E-state index contributed by atoms with van der Waals surface area (Å²) in [6.45, 7) is 0. The fourth-order valence-electron chi connectivity index (χ4n) is 2.59. The lowest BCUT2D eigenvalue weighted by Crippen LogP contribution is -2.20. The molecule has 0 saturated heterocycles. The largest absolute Gasteiger partial charge is 0.308 e. The first kappa shape index (κ1) is 12.4. The number of hydrogen-bond donors (Lipinski definition) is 1. The van der Waals surface area contributed by atoms with Gasteiger partial charge in [0.25, 0.3) is 0 Å². The fourth-order valence-corrected chi connectivity index (χ4v) is 2.59. The lowest BCUT2D eigenvalue weighted by atomic mass is 9.93. The standard InChI is InChI=1S/C14H23N3/c1-15-14(13-10-11-17(2)16-13)12-8-6-4-3-5-7-9-12/h8,10-11,14-15H,3-7,9H2,1-2H3/b12-8+. The van der Waals surface area contributed by atoms with Crippen molar-refractivity contribution in [3.8, 4) is 0 Å². The summed E-state index contributed by atoms with van der Waals surface area (Å²) in [6, 6.07) is 2.41. The van der Waals surface area contributed by atoms with Gasteiger partial charge in [-0.15, -0.1) is 0 Å². The molecule has 0 saturated carbocycles. The van der Waals surface area contributed by atoms with Gasteiger partial charge in [0.15, 0.2) is 0 Å². The molecule has 0 spiro atoms. The van der Waals surface area contributed by atoms with Gasteiger partial charge >= 0.3 is 0 Å². The van der Waals surface area contributed by atoms with Crippen LogP contribution in [-0.2, 0) is 7.05 Å². The SMILES string of the molecule is CNC(/C1=C/CCCCCC1)c1ccn(C)n1. The van der Waals surface area contributed by atoms with Crippen molar-refractivity contribution in [1.82, 2.24) is 15.1 Å². The van der Waals surface area contributed by atoms with Crippen LogP contribution in [0.4, 0.5) is 0 Å². The lowest BCUT2D eigenvalue weighted by Gasteiger charge is -2.20. The molecule has 17 heavy (non-hydrogen) atoms. The van der Waals surface area contributed by atoms with E-state index < -0.39 is 0 Å². The van der Waals surface area contributed by atoms with E-state index in [9.17, 15) is 0 Å². The predicted octanol–water partition coefficient (Wildman–Crippen LogP) is 2.96. The van der Waals surface area contributed by atoms with Gasteiger partial charge in [-0.2, -0.15) is 5.10 Å². The summed E-state index contributed by atoms with van der Waals surface area (Å²) in [5.74, 6) is 0. The van der Waals surface area contributed by atoms with Crippen LogP contribution in [0.15, 0.2) is 23.9 Å². The van der Waals surface area contributed by atoms with Crippen molar-refractivity contribution < 1.29 is 0 Å². The molecule has 1 unspecified atom stereocenters. The number of likely N-dealkylation sites (N-methyl/N-ethyl adjacent to an activating group) is 1. The van der Waals surface area contributed by atoms with Crippen molar-refractivity contribution in [1.29, 1.82) is 0 Å². The van der Waals surface area contributed by atoms with Crippen LogP contribution < -0.4 is 5.32 Å². The Hall–Kier alpha value is -1.09. The second-order valence-corrected chi connectivity index (χ2v) is 4.87. The molecule has 0 radical (unpaired) electrons. The van der Waals surface area contributed by atoms with E-state index in [0.29, 0.717) is 6.04 Å². The summed E-state index contributed by atoms with van der Waals surface area (Å²) in [7, 11) is 4.00. The van der Waals surface area contributed by atoms with Gasteiger partial charge in [-0.1, -0.05) is 24.5 Å². The van der Waals surface area contributed by atoms with E-state index in [1.54, 1.807) is 0 Å². The summed E-state index contributed by atoms with van der Waals surface area (Å²) in [5, 5.41) is 7.93. The number of hydrogen-bond acceptors (Lipinski definition) is 2. The molecule has 1 aromatic rings. The molecular weight excluding hydrogens is 210 g/mol. The predicted molar refractivity (Wildman–Crippen MR) is 70.8 cm³/mol. The molecule has 1 heterocycles. The summed E-state index contributed by atoms with van der Waals surface area (Å²) in [5.41, 5.74) is 2.66. The van der Waals surface area contributed by atoms with Crippen molar-refractivity contribution in [2.75, 3.05) is 7.05 Å². The van der Waals surface area contributed by atoms with Gasteiger partial charge in [-0.3, -0.25) is 4.68 Å². The Kier molecular flexibility index (Phi) is 4.37. The average molecular weight is 233 g/mol. The summed E-state index contributed by atoms with van der Waals surface area (Å²) < 4.78 is 1.88. The van der Waals surface area contributed by atoms with Gasteiger partial charge in [-0.25, -0.2) is 0 Å². The third-order valence-electron chi connectivity index (χ3n) is 3.52. The van der Waals surface area contributed by atoms with Gasteiger partial charge in [0.1, 0.15) is 0 Å². The maximum Gasteiger partial charge on any atom is 0.0835 e. The number of rotatable bonds is 3. The molecule has 0 aliphatic heterocycles. The van der Waals surface area contributed by atoms with Gasteiger partial charge in [0, 0.05) is 13.2 Å². The highest BCUT2D eigenvalue weighted by Crippen LogP contribution is 2.27. The van der Waals surface area contributed by atoms with E-state index in [0.717, 1.165) is 5.69 Å². The highest BCUT2D eigenvalue weighted by Gasteiger charge is 2.17. The Balaban J connectivity index is 2.16. The van der Waals surface area contributed by atoms with Gasteiger partial charge in [0.2, 0.25) is 0 Å². The number of nitrogens with zero attached hydrogens (tertiary/aromatic N) is 2. The molecule has 1 aliphatic carbocycles. The molecule has 0 fully saturated rings.